The van der Waals surface area contributed by atoms with Crippen molar-refractivity contribution in [2.24, 2.45) is 4.99 Å². The predicted molar refractivity (Wildman–Crippen MR) is 138 cm³/mol. The van der Waals surface area contributed by atoms with E-state index in [1.54, 1.807) is 0 Å². The SMILES string of the molecule is O=C(CCCNCS(=O)(=O)c1cccc(Cl)c1Cl)N(CCF)CCc1ccc(C2=NCCN2)cc1. The van der Waals surface area contributed by atoms with Crippen LogP contribution >= 0.6 is 23.2 Å². The summed E-state index contributed by atoms with van der Waals surface area (Å²) in [6, 6.07) is 12.4. The second kappa shape index (κ2) is 13.2. The van der Waals surface area contributed by atoms with Crippen molar-refractivity contribution in [1.82, 2.24) is 15.5 Å². The standard InChI is InChI=1S/C24H29Cl2FN4O3S/c25-20-3-1-4-21(23(20)26)35(33,34)17-28-12-2-5-22(32)31(16-11-27)15-10-18-6-8-19(9-7-18)24-29-13-14-30-24/h1,3-4,6-9,28H,2,5,10-17H2,(H,29,30). The lowest BCUT2D eigenvalue weighted by atomic mass is 10.1. The molecule has 1 aliphatic heterocycles. The zero-order valence-electron chi connectivity index (χ0n) is 19.3. The fraction of sp³-hybridized carbons (Fsp3) is 0.417. The van der Waals surface area contributed by atoms with Crippen LogP contribution in [0.4, 0.5) is 4.39 Å². The van der Waals surface area contributed by atoms with Crippen molar-refractivity contribution in [2.75, 3.05) is 45.3 Å². The third-order valence-corrected chi connectivity index (χ3v) is 8.09. The van der Waals surface area contributed by atoms with Gasteiger partial charge in [0.15, 0.2) is 9.84 Å². The van der Waals surface area contributed by atoms with Gasteiger partial charge in [-0.3, -0.25) is 9.79 Å². The average Bonchev–Trinajstić information content (AvgIpc) is 3.38. The Labute approximate surface area is 215 Å². The predicted octanol–water partition coefficient (Wildman–Crippen LogP) is 3.49. The number of carbonyl (C=O) groups is 1. The van der Waals surface area contributed by atoms with Gasteiger partial charge in [-0.2, -0.15) is 0 Å². The Morgan fingerprint density at radius 1 is 1.14 bits per heavy atom. The first-order valence-electron chi connectivity index (χ1n) is 11.4. The first-order valence-corrected chi connectivity index (χ1v) is 13.8. The topological polar surface area (TPSA) is 90.9 Å². The van der Waals surface area contributed by atoms with Gasteiger partial charge in [0.25, 0.3) is 0 Å². The largest absolute Gasteiger partial charge is 0.368 e. The number of aliphatic imine (C=N–C) groups is 1. The lowest BCUT2D eigenvalue weighted by molar-refractivity contribution is -0.131. The number of sulfone groups is 1. The van der Waals surface area contributed by atoms with Crippen molar-refractivity contribution in [2.45, 2.75) is 24.2 Å². The van der Waals surface area contributed by atoms with Crippen LogP contribution in [0.5, 0.6) is 0 Å². The highest BCUT2D eigenvalue weighted by atomic mass is 35.5. The summed E-state index contributed by atoms with van der Waals surface area (Å²) in [4.78, 5) is 18.5. The van der Waals surface area contributed by atoms with Crippen molar-refractivity contribution in [1.29, 1.82) is 0 Å². The fourth-order valence-corrected chi connectivity index (χ4v) is 5.63. The molecule has 1 amide bonds. The number of carbonyl (C=O) groups excluding carboxylic acids is 1. The molecule has 0 spiro atoms. The minimum absolute atomic E-state index is 0.00777. The molecule has 0 unspecified atom stereocenters. The highest BCUT2D eigenvalue weighted by molar-refractivity contribution is 7.91. The second-order valence-electron chi connectivity index (χ2n) is 8.09. The maximum atomic E-state index is 13.0. The van der Waals surface area contributed by atoms with Crippen LogP contribution < -0.4 is 10.6 Å². The van der Waals surface area contributed by atoms with Gasteiger partial charge in [-0.25, -0.2) is 12.8 Å². The number of hydrogen-bond donors (Lipinski definition) is 2. The summed E-state index contributed by atoms with van der Waals surface area (Å²) in [6.07, 6.45) is 1.22. The van der Waals surface area contributed by atoms with Gasteiger partial charge < -0.3 is 15.5 Å². The number of alkyl halides is 1. The van der Waals surface area contributed by atoms with E-state index < -0.39 is 16.5 Å². The highest BCUT2D eigenvalue weighted by Crippen LogP contribution is 2.29. The Kier molecular flexibility index (Phi) is 10.3. The summed E-state index contributed by atoms with van der Waals surface area (Å²) < 4.78 is 38.0. The van der Waals surface area contributed by atoms with Gasteiger partial charge in [0, 0.05) is 31.6 Å². The second-order valence-corrected chi connectivity index (χ2v) is 10.8. The summed E-state index contributed by atoms with van der Waals surface area (Å²) >= 11 is 11.9. The zero-order valence-corrected chi connectivity index (χ0v) is 21.6. The molecule has 2 N–H and O–H groups in total. The summed E-state index contributed by atoms with van der Waals surface area (Å²) in [5.41, 5.74) is 2.07. The summed E-state index contributed by atoms with van der Waals surface area (Å²) in [6.45, 7) is 1.76. The molecule has 190 valence electrons. The van der Waals surface area contributed by atoms with Crippen LogP contribution in [-0.2, 0) is 21.1 Å². The van der Waals surface area contributed by atoms with E-state index in [0.717, 1.165) is 30.1 Å². The van der Waals surface area contributed by atoms with Gasteiger partial charge in [-0.05, 0) is 37.1 Å². The Morgan fingerprint density at radius 3 is 2.60 bits per heavy atom. The van der Waals surface area contributed by atoms with Crippen molar-refractivity contribution >= 4 is 44.8 Å². The molecule has 0 saturated carbocycles. The third kappa shape index (κ3) is 7.90. The molecule has 0 saturated heterocycles. The average molecular weight is 543 g/mol. The molecule has 2 aromatic carbocycles. The first kappa shape index (κ1) is 27.4. The maximum absolute atomic E-state index is 13.0. The Bertz CT molecular complexity index is 1140. The van der Waals surface area contributed by atoms with Crippen LogP contribution in [0.1, 0.15) is 24.0 Å². The quantitative estimate of drug-likeness (QED) is 0.378. The number of hydrogen-bond acceptors (Lipinski definition) is 6. The molecule has 1 heterocycles. The Morgan fingerprint density at radius 2 is 1.91 bits per heavy atom. The van der Waals surface area contributed by atoms with Gasteiger partial charge in [-0.1, -0.05) is 53.5 Å². The van der Waals surface area contributed by atoms with Crippen LogP contribution in [0.3, 0.4) is 0 Å². The minimum atomic E-state index is -3.67. The first-order chi connectivity index (χ1) is 16.8. The van der Waals surface area contributed by atoms with Gasteiger partial charge in [-0.15, -0.1) is 0 Å². The number of amidine groups is 1. The number of halogens is 3. The molecule has 0 radical (unpaired) electrons. The molecule has 2 aromatic rings. The van der Waals surface area contributed by atoms with E-state index in [4.69, 9.17) is 23.2 Å². The molecule has 7 nitrogen and oxygen atoms in total. The smallest absolute Gasteiger partial charge is 0.222 e. The van der Waals surface area contributed by atoms with E-state index in [0.29, 0.717) is 25.9 Å². The van der Waals surface area contributed by atoms with E-state index in [1.807, 2.05) is 24.3 Å². The Hall–Kier alpha value is -2.20. The molecule has 0 atom stereocenters. The number of benzene rings is 2. The van der Waals surface area contributed by atoms with Gasteiger partial charge in [0.2, 0.25) is 5.91 Å². The lowest BCUT2D eigenvalue weighted by Crippen LogP contribution is -2.35. The van der Waals surface area contributed by atoms with Crippen molar-refractivity contribution in [3.05, 3.63) is 63.6 Å². The van der Waals surface area contributed by atoms with Gasteiger partial charge in [0.1, 0.15) is 18.4 Å². The monoisotopic (exact) mass is 542 g/mol. The highest BCUT2D eigenvalue weighted by Gasteiger charge is 2.19. The minimum Gasteiger partial charge on any atom is -0.368 e. The molecule has 3 rings (SSSR count). The molecular weight excluding hydrogens is 514 g/mol. The summed E-state index contributed by atoms with van der Waals surface area (Å²) in [5, 5.41) is 6.22. The molecule has 0 aliphatic carbocycles. The van der Waals surface area contributed by atoms with E-state index in [-0.39, 0.29) is 39.7 Å². The number of rotatable bonds is 13. The van der Waals surface area contributed by atoms with E-state index in [9.17, 15) is 17.6 Å². The molecule has 0 bridgehead atoms. The van der Waals surface area contributed by atoms with E-state index in [2.05, 4.69) is 15.6 Å². The maximum Gasteiger partial charge on any atom is 0.222 e. The number of nitrogens with one attached hydrogen (secondary N) is 2. The number of nitrogens with zero attached hydrogens (tertiary/aromatic N) is 2. The van der Waals surface area contributed by atoms with Gasteiger partial charge >= 0.3 is 0 Å². The summed E-state index contributed by atoms with van der Waals surface area (Å²) in [7, 11) is -3.67. The fourth-order valence-electron chi connectivity index (χ4n) is 3.68. The van der Waals surface area contributed by atoms with Crippen LogP contribution in [-0.4, -0.2) is 70.3 Å². The Balaban J connectivity index is 1.42. The van der Waals surface area contributed by atoms with Crippen LogP contribution in [0.2, 0.25) is 10.0 Å². The van der Waals surface area contributed by atoms with Crippen LogP contribution in [0.25, 0.3) is 0 Å². The number of amides is 1. The van der Waals surface area contributed by atoms with Crippen molar-refractivity contribution < 1.29 is 17.6 Å². The molecule has 1 aliphatic rings. The molecule has 0 fully saturated rings. The van der Waals surface area contributed by atoms with Gasteiger partial charge in [0.05, 0.1) is 21.5 Å². The van der Waals surface area contributed by atoms with Crippen LogP contribution in [0, 0.1) is 0 Å². The lowest BCUT2D eigenvalue weighted by Gasteiger charge is -2.21. The normalized spacial score (nSPS) is 13.4. The van der Waals surface area contributed by atoms with Crippen molar-refractivity contribution in [3.8, 4) is 0 Å². The zero-order chi connectivity index (χ0) is 25.3. The summed E-state index contributed by atoms with van der Waals surface area (Å²) in [5.74, 6) is 0.405. The molecule has 0 aromatic heterocycles. The van der Waals surface area contributed by atoms with Crippen molar-refractivity contribution in [3.63, 3.8) is 0 Å². The van der Waals surface area contributed by atoms with Crippen LogP contribution in [0.15, 0.2) is 52.4 Å². The molecule has 35 heavy (non-hydrogen) atoms. The van der Waals surface area contributed by atoms with E-state index in [1.165, 1.54) is 23.1 Å². The van der Waals surface area contributed by atoms with E-state index >= 15 is 0 Å². The molecule has 11 heteroatoms. The molecular formula is C24H29Cl2FN4O3S. The third-order valence-electron chi connectivity index (χ3n) is 5.57.